The van der Waals surface area contributed by atoms with Gasteiger partial charge in [-0.15, -0.1) is 0 Å². The third kappa shape index (κ3) is 6.96. The van der Waals surface area contributed by atoms with Gasteiger partial charge in [0.1, 0.15) is 0 Å². The van der Waals surface area contributed by atoms with E-state index in [-0.39, 0.29) is 16.4 Å². The van der Waals surface area contributed by atoms with Crippen LogP contribution in [0, 0.1) is 9.49 Å². The molecule has 6 aromatic carbocycles. The Morgan fingerprint density at radius 3 is 2.19 bits per heavy atom. The summed E-state index contributed by atoms with van der Waals surface area (Å²) in [5.41, 5.74) is 14.2. The lowest BCUT2D eigenvalue weighted by Crippen LogP contribution is -2.44. The predicted octanol–water partition coefficient (Wildman–Crippen LogP) is 15.2. The van der Waals surface area contributed by atoms with Crippen LogP contribution in [0.25, 0.3) is 40.1 Å². The molecule has 3 heteroatoms. The summed E-state index contributed by atoms with van der Waals surface area (Å²) in [5, 5.41) is 2.58. The van der Waals surface area contributed by atoms with Crippen molar-refractivity contribution in [3.05, 3.63) is 189 Å². The maximum absolute atomic E-state index is 2.54. The molecule has 2 aliphatic heterocycles. The monoisotopic (exact) mass is 868 g/mol. The fraction of sp³-hybridized carbons (Fsp3) is 0.236. The molecule has 1 atom stereocenters. The summed E-state index contributed by atoms with van der Waals surface area (Å²) >= 11 is 2.54. The molecule has 290 valence electrons. The minimum atomic E-state index is -0.120. The molecule has 0 saturated heterocycles. The Labute approximate surface area is 359 Å². The van der Waals surface area contributed by atoms with Gasteiger partial charge in [0, 0.05) is 38.3 Å². The Balaban J connectivity index is 0.963. The first-order valence-electron chi connectivity index (χ1n) is 20.8. The largest absolute Gasteiger partial charge is 0.341 e. The average Bonchev–Trinajstić information content (AvgIpc) is 3.23. The lowest BCUT2D eigenvalue weighted by atomic mass is 9.70. The molecule has 1 unspecified atom stereocenters. The molecule has 0 spiro atoms. The average molecular weight is 869 g/mol. The second-order valence-corrected chi connectivity index (χ2v) is 19.3. The van der Waals surface area contributed by atoms with Crippen molar-refractivity contribution in [3.63, 3.8) is 0 Å². The number of para-hydroxylation sites is 2. The van der Waals surface area contributed by atoms with Crippen molar-refractivity contribution in [2.45, 2.75) is 70.8 Å². The normalized spacial score (nSPS) is 18.3. The van der Waals surface area contributed by atoms with Gasteiger partial charge in [-0.05, 0) is 141 Å². The molecule has 0 amide bonds. The molecule has 0 radical (unpaired) electrons. The van der Waals surface area contributed by atoms with Crippen LogP contribution in [-0.4, -0.2) is 12.1 Å². The summed E-state index contributed by atoms with van der Waals surface area (Å²) in [4.78, 5) is 5.05. The molecule has 2 nitrogen and oxygen atoms in total. The van der Waals surface area contributed by atoms with E-state index in [4.69, 9.17) is 0 Å². The van der Waals surface area contributed by atoms with E-state index in [0.29, 0.717) is 5.92 Å². The zero-order valence-corrected chi connectivity index (χ0v) is 36.8. The summed E-state index contributed by atoms with van der Waals surface area (Å²) in [7, 11) is 0. The summed E-state index contributed by atoms with van der Waals surface area (Å²) < 4.78 is 1.31. The number of allylic oxidation sites excluding steroid dienone is 3. The van der Waals surface area contributed by atoms with Crippen molar-refractivity contribution in [1.82, 2.24) is 0 Å². The van der Waals surface area contributed by atoms with E-state index in [9.17, 15) is 0 Å². The number of hydrogen-bond donors (Lipinski definition) is 0. The smallest absolute Gasteiger partial charge is 0.0580 e. The van der Waals surface area contributed by atoms with Gasteiger partial charge in [0.05, 0.1) is 5.54 Å². The van der Waals surface area contributed by atoms with Gasteiger partial charge in [0.15, 0.2) is 0 Å². The summed E-state index contributed by atoms with van der Waals surface area (Å²) in [5.74, 6) is 0.356. The van der Waals surface area contributed by atoms with Gasteiger partial charge >= 0.3 is 0 Å². The second-order valence-electron chi connectivity index (χ2n) is 18.1. The molecule has 0 bridgehead atoms. The molecule has 2 heterocycles. The number of rotatable bonds is 7. The Hall–Kier alpha value is -5.13. The van der Waals surface area contributed by atoms with Crippen molar-refractivity contribution >= 4 is 68.7 Å². The molecule has 1 aliphatic carbocycles. The molecule has 58 heavy (non-hydrogen) atoms. The molecule has 0 saturated carbocycles. The fourth-order valence-corrected chi connectivity index (χ4v) is 10.6. The number of nitrogens with zero attached hydrogens (tertiary/aromatic N) is 2. The molecule has 0 aromatic heterocycles. The Bertz CT molecular complexity index is 2650. The van der Waals surface area contributed by atoms with Crippen LogP contribution in [0.4, 0.5) is 17.1 Å². The quantitative estimate of drug-likeness (QED) is 0.116. The zero-order valence-electron chi connectivity index (χ0n) is 34.6. The maximum Gasteiger partial charge on any atom is 0.0580 e. The third-order valence-electron chi connectivity index (χ3n) is 13.1. The highest BCUT2D eigenvalue weighted by Crippen LogP contribution is 2.47. The van der Waals surface area contributed by atoms with Gasteiger partial charge in [0.25, 0.3) is 0 Å². The first-order chi connectivity index (χ1) is 27.9. The van der Waals surface area contributed by atoms with E-state index in [1.165, 1.54) is 76.0 Å². The van der Waals surface area contributed by atoms with Gasteiger partial charge in [-0.2, -0.15) is 0 Å². The Kier molecular flexibility index (Phi) is 9.87. The summed E-state index contributed by atoms with van der Waals surface area (Å²) in [6, 6.07) is 47.3. The van der Waals surface area contributed by atoms with Crippen LogP contribution in [0.5, 0.6) is 0 Å². The topological polar surface area (TPSA) is 6.48 Å². The van der Waals surface area contributed by atoms with Gasteiger partial charge in [-0.3, -0.25) is 0 Å². The zero-order chi connectivity index (χ0) is 40.2. The van der Waals surface area contributed by atoms with E-state index in [0.717, 1.165) is 19.4 Å². The molecule has 6 aromatic rings. The van der Waals surface area contributed by atoms with Gasteiger partial charge < -0.3 is 9.80 Å². The van der Waals surface area contributed by atoms with E-state index < -0.39 is 0 Å². The highest BCUT2D eigenvalue weighted by Gasteiger charge is 2.37. The van der Waals surface area contributed by atoms with Crippen LogP contribution < -0.4 is 9.80 Å². The van der Waals surface area contributed by atoms with Crippen LogP contribution in [0.15, 0.2) is 157 Å². The van der Waals surface area contributed by atoms with Crippen molar-refractivity contribution in [3.8, 4) is 11.1 Å². The predicted molar refractivity (Wildman–Crippen MR) is 259 cm³/mol. The maximum atomic E-state index is 2.54. The van der Waals surface area contributed by atoms with Crippen LogP contribution in [0.2, 0.25) is 0 Å². The molecular weight excluding hydrogens is 816 g/mol. The lowest BCUT2D eigenvalue weighted by molar-refractivity contribution is 0.377. The van der Waals surface area contributed by atoms with Crippen molar-refractivity contribution in [2.75, 3.05) is 16.3 Å². The van der Waals surface area contributed by atoms with Crippen LogP contribution in [0.3, 0.4) is 0 Å². The first-order valence-corrected chi connectivity index (χ1v) is 21.9. The van der Waals surface area contributed by atoms with Crippen molar-refractivity contribution < 1.29 is 0 Å². The highest BCUT2D eigenvalue weighted by atomic mass is 127. The minimum Gasteiger partial charge on any atom is -0.341 e. The minimum absolute atomic E-state index is 0.0698. The number of fused-ring (bicyclic) bond motifs is 3. The van der Waals surface area contributed by atoms with E-state index in [2.05, 4.69) is 244 Å². The third-order valence-corrected chi connectivity index (χ3v) is 14.1. The molecule has 0 fully saturated rings. The highest BCUT2D eigenvalue weighted by molar-refractivity contribution is 14.1. The van der Waals surface area contributed by atoms with E-state index in [1.54, 1.807) is 0 Å². The lowest BCUT2D eigenvalue weighted by Gasteiger charge is -2.44. The summed E-state index contributed by atoms with van der Waals surface area (Å²) in [6.07, 6.45) is 18.5. The second kappa shape index (κ2) is 14.9. The van der Waals surface area contributed by atoms with E-state index >= 15 is 0 Å². The molecular formula is C55H53IN2. The van der Waals surface area contributed by atoms with Crippen LogP contribution >= 0.6 is 22.6 Å². The van der Waals surface area contributed by atoms with E-state index in [1.807, 2.05) is 0 Å². The first kappa shape index (κ1) is 38.4. The van der Waals surface area contributed by atoms with Crippen LogP contribution in [0.1, 0.15) is 82.2 Å². The number of hydrogen-bond acceptors (Lipinski definition) is 2. The number of anilines is 3. The Morgan fingerprint density at radius 2 is 1.38 bits per heavy atom. The molecule has 9 rings (SSSR count). The van der Waals surface area contributed by atoms with Gasteiger partial charge in [-0.1, -0.05) is 167 Å². The van der Waals surface area contributed by atoms with Crippen molar-refractivity contribution in [2.24, 2.45) is 5.92 Å². The standard InChI is InChI=1S/C55H53IN2/c1-53(2)34-35-57(52-21-12-10-19-47(52)53)51-31-29-44(45-17-8-9-18-46(45)51)40-27-24-38(25-28-40)22-23-39-26-30-49(56)48(36-39)55(5,6)42-15-13-16-43(37-42)58-50-20-11-7-14-41(50)32-33-54(58,3)4/h7-14,16-33,36-37,42H,15,34-35H2,1-6H3/b23-22+. The van der Waals surface area contributed by atoms with Gasteiger partial charge in [0.2, 0.25) is 0 Å². The fourth-order valence-electron chi connectivity index (χ4n) is 9.55. The molecule has 3 aliphatic rings. The molecule has 0 N–H and O–H groups in total. The Morgan fingerprint density at radius 1 is 0.690 bits per heavy atom. The van der Waals surface area contributed by atoms with Crippen LogP contribution in [-0.2, 0) is 10.8 Å². The number of benzene rings is 6. The van der Waals surface area contributed by atoms with Crippen molar-refractivity contribution in [1.29, 1.82) is 0 Å². The summed E-state index contributed by atoms with van der Waals surface area (Å²) in [6.45, 7) is 15.2. The number of halogens is 1. The SMILES string of the molecule is CC1(C)CCN(c2ccc(-c3ccc(/C=C/c4ccc(I)c(C(C)(C)C5C=C(N6c7ccccc7C=CC6(C)C)C=CC5)c4)cc3)c3ccccc23)c2ccccc21. The van der Waals surface area contributed by atoms with Gasteiger partial charge in [-0.25, -0.2) is 0 Å².